The highest BCUT2D eigenvalue weighted by Gasteiger charge is 2.06. The molecule has 0 N–H and O–H groups in total. The van der Waals surface area contributed by atoms with Gasteiger partial charge in [0.2, 0.25) is 0 Å². The van der Waals surface area contributed by atoms with Crippen molar-refractivity contribution in [3.05, 3.63) is 90.0 Å². The van der Waals surface area contributed by atoms with E-state index in [1.807, 2.05) is 61.5 Å². The Hall–Kier alpha value is -3.27. The van der Waals surface area contributed by atoms with Gasteiger partial charge in [0.05, 0.1) is 6.61 Å². The van der Waals surface area contributed by atoms with Crippen LogP contribution in [-0.4, -0.2) is 12.6 Å². The van der Waals surface area contributed by atoms with Gasteiger partial charge in [-0.3, -0.25) is 4.79 Å². The highest BCUT2D eigenvalue weighted by Crippen LogP contribution is 2.20. The van der Waals surface area contributed by atoms with Gasteiger partial charge in [0.15, 0.2) is 0 Å². The minimum Gasteiger partial charge on any atom is -0.494 e. The van der Waals surface area contributed by atoms with Gasteiger partial charge in [0.25, 0.3) is 0 Å². The molecule has 0 saturated carbocycles. The molecule has 144 valence electrons. The average molecular weight is 376 g/mol. The summed E-state index contributed by atoms with van der Waals surface area (Å²) in [5.74, 6) is 1.83. The number of carbonyl (C=O) groups excluding carboxylic acids is 1. The third kappa shape index (κ3) is 6.16. The molecule has 0 saturated heterocycles. The quantitative estimate of drug-likeness (QED) is 0.380. The molecule has 0 radical (unpaired) electrons. The van der Waals surface area contributed by atoms with Crippen LogP contribution >= 0.6 is 0 Å². The van der Waals surface area contributed by atoms with Crippen LogP contribution in [0.25, 0.3) is 0 Å². The number of hydrogen-bond donors (Lipinski definition) is 0. The van der Waals surface area contributed by atoms with Crippen LogP contribution in [0.4, 0.5) is 0 Å². The Balaban J connectivity index is 1.43. The predicted molar refractivity (Wildman–Crippen MR) is 109 cm³/mol. The maximum atomic E-state index is 12.1. The lowest BCUT2D eigenvalue weighted by molar-refractivity contribution is -0.134. The molecule has 0 aromatic heterocycles. The highest BCUT2D eigenvalue weighted by atomic mass is 16.5. The van der Waals surface area contributed by atoms with Crippen LogP contribution in [0.1, 0.15) is 24.5 Å². The van der Waals surface area contributed by atoms with Crippen molar-refractivity contribution in [2.45, 2.75) is 26.4 Å². The van der Waals surface area contributed by atoms with E-state index < -0.39 is 0 Å². The summed E-state index contributed by atoms with van der Waals surface area (Å²) in [4.78, 5) is 12.1. The molecule has 0 spiro atoms. The van der Waals surface area contributed by atoms with Gasteiger partial charge >= 0.3 is 5.97 Å². The molecule has 4 heteroatoms. The molecule has 28 heavy (non-hydrogen) atoms. The summed E-state index contributed by atoms with van der Waals surface area (Å²) in [5.41, 5.74) is 2.18. The predicted octanol–water partition coefficient (Wildman–Crippen LogP) is 5.20. The van der Waals surface area contributed by atoms with Crippen molar-refractivity contribution in [2.75, 3.05) is 6.61 Å². The summed E-state index contributed by atoms with van der Waals surface area (Å²) in [6.45, 7) is 3.09. The lowest BCUT2D eigenvalue weighted by Crippen LogP contribution is -2.09. The van der Waals surface area contributed by atoms with Crippen molar-refractivity contribution < 1.29 is 19.0 Å². The number of esters is 1. The minimum atomic E-state index is -0.258. The minimum absolute atomic E-state index is 0.258. The molecule has 3 aromatic rings. The van der Waals surface area contributed by atoms with Crippen molar-refractivity contribution in [2.24, 2.45) is 0 Å². The van der Waals surface area contributed by atoms with E-state index in [-0.39, 0.29) is 5.97 Å². The molecule has 0 heterocycles. The van der Waals surface area contributed by atoms with Gasteiger partial charge in [0, 0.05) is 6.42 Å². The molecule has 0 unspecified atom stereocenters. The third-order valence-corrected chi connectivity index (χ3v) is 4.16. The fourth-order valence-electron chi connectivity index (χ4n) is 2.69. The zero-order valence-electron chi connectivity index (χ0n) is 16.0. The van der Waals surface area contributed by atoms with Crippen LogP contribution in [0.2, 0.25) is 0 Å². The van der Waals surface area contributed by atoms with Gasteiger partial charge in [-0.25, -0.2) is 0 Å². The van der Waals surface area contributed by atoms with Crippen molar-refractivity contribution >= 4 is 5.97 Å². The summed E-state index contributed by atoms with van der Waals surface area (Å²) in [7, 11) is 0. The second-order valence-electron chi connectivity index (χ2n) is 6.30. The van der Waals surface area contributed by atoms with Crippen molar-refractivity contribution in [3.63, 3.8) is 0 Å². The van der Waals surface area contributed by atoms with Gasteiger partial charge in [-0.15, -0.1) is 0 Å². The van der Waals surface area contributed by atoms with E-state index in [9.17, 15) is 4.79 Å². The first-order valence-corrected chi connectivity index (χ1v) is 9.42. The summed E-state index contributed by atoms with van der Waals surface area (Å²) < 4.78 is 16.5. The Morgan fingerprint density at radius 3 is 2.00 bits per heavy atom. The standard InChI is InChI=1S/C24H24O4/c1-2-26-21-11-8-19(9-12-21)10-17-24(25)28-23-15-13-22(14-16-23)27-18-20-6-4-3-5-7-20/h3-9,11-16H,2,10,17-18H2,1H3. The number of hydrogen-bond acceptors (Lipinski definition) is 4. The van der Waals surface area contributed by atoms with Crippen LogP contribution in [-0.2, 0) is 17.8 Å². The first-order chi connectivity index (χ1) is 13.7. The molecule has 0 amide bonds. The third-order valence-electron chi connectivity index (χ3n) is 4.16. The Kier molecular flexibility index (Phi) is 7.08. The summed E-state index contributed by atoms with van der Waals surface area (Å²) in [6, 6.07) is 24.8. The molecule has 0 aliphatic heterocycles. The van der Waals surface area contributed by atoms with E-state index in [0.29, 0.717) is 31.8 Å². The topological polar surface area (TPSA) is 44.8 Å². The van der Waals surface area contributed by atoms with E-state index in [4.69, 9.17) is 14.2 Å². The number of carbonyl (C=O) groups is 1. The second kappa shape index (κ2) is 10.2. The van der Waals surface area contributed by atoms with Crippen molar-refractivity contribution in [1.82, 2.24) is 0 Å². The van der Waals surface area contributed by atoms with Crippen LogP contribution in [0.5, 0.6) is 17.2 Å². The van der Waals surface area contributed by atoms with E-state index >= 15 is 0 Å². The van der Waals surface area contributed by atoms with Crippen molar-refractivity contribution in [3.8, 4) is 17.2 Å². The van der Waals surface area contributed by atoms with Crippen LogP contribution in [0, 0.1) is 0 Å². The maximum absolute atomic E-state index is 12.1. The van der Waals surface area contributed by atoms with E-state index in [0.717, 1.165) is 22.6 Å². The van der Waals surface area contributed by atoms with Crippen LogP contribution in [0.15, 0.2) is 78.9 Å². The first kappa shape index (κ1) is 19.5. The van der Waals surface area contributed by atoms with E-state index in [2.05, 4.69) is 0 Å². The average Bonchev–Trinajstić information content (AvgIpc) is 2.74. The molecular formula is C24H24O4. The fraction of sp³-hybridized carbons (Fsp3) is 0.208. The SMILES string of the molecule is CCOc1ccc(CCC(=O)Oc2ccc(OCc3ccccc3)cc2)cc1. The summed E-state index contributed by atoms with van der Waals surface area (Å²) in [6.07, 6.45) is 0.948. The highest BCUT2D eigenvalue weighted by molar-refractivity contribution is 5.72. The molecular weight excluding hydrogens is 352 g/mol. The molecule has 0 atom stereocenters. The Bertz CT molecular complexity index is 855. The van der Waals surface area contributed by atoms with Gasteiger partial charge < -0.3 is 14.2 Å². The fourth-order valence-corrected chi connectivity index (χ4v) is 2.69. The van der Waals surface area contributed by atoms with Gasteiger partial charge in [-0.2, -0.15) is 0 Å². The number of aryl methyl sites for hydroxylation is 1. The molecule has 0 fully saturated rings. The summed E-state index contributed by atoms with van der Waals surface area (Å²) in [5, 5.41) is 0. The first-order valence-electron chi connectivity index (χ1n) is 9.42. The van der Waals surface area contributed by atoms with Crippen molar-refractivity contribution in [1.29, 1.82) is 0 Å². The number of ether oxygens (including phenoxy) is 3. The molecule has 0 aliphatic rings. The zero-order chi connectivity index (χ0) is 19.6. The Morgan fingerprint density at radius 2 is 1.32 bits per heavy atom. The Morgan fingerprint density at radius 1 is 0.714 bits per heavy atom. The van der Waals surface area contributed by atoms with Gasteiger partial charge in [0.1, 0.15) is 23.9 Å². The number of benzene rings is 3. The maximum Gasteiger partial charge on any atom is 0.311 e. The van der Waals surface area contributed by atoms with E-state index in [1.165, 1.54) is 0 Å². The molecule has 0 bridgehead atoms. The monoisotopic (exact) mass is 376 g/mol. The Labute approximate surface area is 165 Å². The second-order valence-corrected chi connectivity index (χ2v) is 6.30. The smallest absolute Gasteiger partial charge is 0.311 e. The lowest BCUT2D eigenvalue weighted by Gasteiger charge is -2.08. The van der Waals surface area contributed by atoms with Crippen LogP contribution < -0.4 is 14.2 Å². The van der Waals surface area contributed by atoms with Gasteiger partial charge in [-0.05, 0) is 60.9 Å². The summed E-state index contributed by atoms with van der Waals surface area (Å²) >= 11 is 0. The normalized spacial score (nSPS) is 10.3. The molecule has 3 rings (SSSR count). The molecule has 3 aromatic carbocycles. The lowest BCUT2D eigenvalue weighted by atomic mass is 10.1. The molecule has 0 aliphatic carbocycles. The molecule has 4 nitrogen and oxygen atoms in total. The largest absolute Gasteiger partial charge is 0.494 e. The number of rotatable bonds is 9. The van der Waals surface area contributed by atoms with Crippen LogP contribution in [0.3, 0.4) is 0 Å². The zero-order valence-corrected chi connectivity index (χ0v) is 16.0. The van der Waals surface area contributed by atoms with Gasteiger partial charge in [-0.1, -0.05) is 42.5 Å². The van der Waals surface area contributed by atoms with E-state index in [1.54, 1.807) is 24.3 Å².